The molecule has 0 unspecified atom stereocenters. The normalized spacial score (nSPS) is 15.1. The zero-order valence-electron chi connectivity index (χ0n) is 20.8. The number of hydrogen-bond acceptors (Lipinski definition) is 6. The van der Waals surface area contributed by atoms with Crippen LogP contribution in [0.15, 0.2) is 65.6 Å². The maximum Gasteiger partial charge on any atom is 0.266 e. The van der Waals surface area contributed by atoms with Crippen molar-refractivity contribution in [2.75, 3.05) is 19.0 Å². The van der Waals surface area contributed by atoms with Crippen LogP contribution in [0.5, 0.6) is 11.5 Å². The molecule has 1 saturated heterocycles. The number of halogens is 2. The summed E-state index contributed by atoms with van der Waals surface area (Å²) in [5.74, 6) is -0.0216. The van der Waals surface area contributed by atoms with E-state index in [1.165, 1.54) is 18.9 Å². The van der Waals surface area contributed by atoms with Crippen molar-refractivity contribution in [3.63, 3.8) is 0 Å². The second-order valence-electron chi connectivity index (χ2n) is 8.47. The van der Waals surface area contributed by atoms with Crippen molar-refractivity contribution in [1.29, 1.82) is 0 Å². The minimum Gasteiger partial charge on any atom is -0.493 e. The van der Waals surface area contributed by atoms with Gasteiger partial charge in [-0.3, -0.25) is 14.5 Å². The molecule has 2 amide bonds. The number of methoxy groups -OCH3 is 1. The maximum atomic E-state index is 13.2. The molecule has 0 saturated carbocycles. The second-order valence-corrected chi connectivity index (χ2v) is 11.0. The molecular formula is C28H24Cl2N2O4S2. The van der Waals surface area contributed by atoms with Gasteiger partial charge in [0.1, 0.15) is 4.32 Å². The molecule has 1 N–H and O–H groups in total. The molecule has 0 radical (unpaired) electrons. The highest BCUT2D eigenvalue weighted by Gasteiger charge is 2.36. The van der Waals surface area contributed by atoms with Gasteiger partial charge in [-0.25, -0.2) is 0 Å². The van der Waals surface area contributed by atoms with Crippen molar-refractivity contribution in [3.8, 4) is 11.5 Å². The van der Waals surface area contributed by atoms with Gasteiger partial charge in [0.2, 0.25) is 0 Å². The Morgan fingerprint density at radius 1 is 1.16 bits per heavy atom. The van der Waals surface area contributed by atoms with Gasteiger partial charge >= 0.3 is 0 Å². The quantitative estimate of drug-likeness (QED) is 0.221. The van der Waals surface area contributed by atoms with E-state index in [1.54, 1.807) is 35.2 Å². The summed E-state index contributed by atoms with van der Waals surface area (Å²) in [6, 6.07) is 18.1. The van der Waals surface area contributed by atoms with Gasteiger partial charge in [0, 0.05) is 10.7 Å². The van der Waals surface area contributed by atoms with Crippen molar-refractivity contribution in [3.05, 3.63) is 92.3 Å². The SMILES string of the molecule is COc1cc(/C=C2\SC(=S)N([C@H](C)c3ccccc3)C2=O)cc(Cl)c1OCC(=O)Nc1cc(Cl)ccc1C. The van der Waals surface area contributed by atoms with Crippen molar-refractivity contribution < 1.29 is 19.1 Å². The Kier molecular flexibility index (Phi) is 8.99. The summed E-state index contributed by atoms with van der Waals surface area (Å²) in [5.41, 5.74) is 3.08. The van der Waals surface area contributed by atoms with Gasteiger partial charge in [0.25, 0.3) is 11.8 Å². The highest BCUT2D eigenvalue weighted by Crippen LogP contribution is 2.41. The van der Waals surface area contributed by atoms with E-state index in [-0.39, 0.29) is 35.2 Å². The number of aryl methyl sites for hydroxylation is 1. The molecular weight excluding hydrogens is 563 g/mol. The molecule has 38 heavy (non-hydrogen) atoms. The van der Waals surface area contributed by atoms with Gasteiger partial charge in [-0.15, -0.1) is 0 Å². The molecule has 1 aliphatic rings. The number of thioether (sulfide) groups is 1. The van der Waals surface area contributed by atoms with Crippen LogP contribution in [-0.4, -0.2) is 34.8 Å². The summed E-state index contributed by atoms with van der Waals surface area (Å²) in [7, 11) is 1.47. The first kappa shape index (κ1) is 28.0. The van der Waals surface area contributed by atoms with Crippen molar-refractivity contribution in [2.45, 2.75) is 19.9 Å². The third kappa shape index (κ3) is 6.32. The van der Waals surface area contributed by atoms with E-state index in [0.29, 0.717) is 31.2 Å². The van der Waals surface area contributed by atoms with Gasteiger partial charge < -0.3 is 14.8 Å². The van der Waals surface area contributed by atoms with E-state index < -0.39 is 0 Å². The van der Waals surface area contributed by atoms with Crippen LogP contribution in [0.25, 0.3) is 6.08 Å². The summed E-state index contributed by atoms with van der Waals surface area (Å²) in [6.45, 7) is 3.51. The molecule has 0 spiro atoms. The number of rotatable bonds is 8. The van der Waals surface area contributed by atoms with E-state index in [1.807, 2.05) is 50.2 Å². The van der Waals surface area contributed by atoms with E-state index in [9.17, 15) is 9.59 Å². The number of thiocarbonyl (C=S) groups is 1. The summed E-state index contributed by atoms with van der Waals surface area (Å²) >= 11 is 19.3. The highest BCUT2D eigenvalue weighted by atomic mass is 35.5. The van der Waals surface area contributed by atoms with Gasteiger partial charge in [0.05, 0.1) is 23.1 Å². The Morgan fingerprint density at radius 2 is 1.89 bits per heavy atom. The van der Waals surface area contributed by atoms with Gasteiger partial charge in [-0.05, 0) is 60.9 Å². The fourth-order valence-electron chi connectivity index (χ4n) is 3.86. The Hall–Kier alpha value is -3.04. The zero-order valence-corrected chi connectivity index (χ0v) is 23.9. The molecule has 196 valence electrons. The van der Waals surface area contributed by atoms with Crippen LogP contribution in [0.3, 0.4) is 0 Å². The lowest BCUT2D eigenvalue weighted by atomic mass is 10.1. The predicted molar refractivity (Wildman–Crippen MR) is 158 cm³/mol. The number of amides is 2. The van der Waals surface area contributed by atoms with Gasteiger partial charge in [-0.1, -0.05) is 83.6 Å². The molecule has 1 fully saturated rings. The van der Waals surface area contributed by atoms with Crippen LogP contribution in [0.2, 0.25) is 10.0 Å². The molecule has 6 nitrogen and oxygen atoms in total. The maximum absolute atomic E-state index is 13.2. The predicted octanol–water partition coefficient (Wildman–Crippen LogP) is 7.29. The monoisotopic (exact) mass is 586 g/mol. The highest BCUT2D eigenvalue weighted by molar-refractivity contribution is 8.26. The molecule has 0 aliphatic carbocycles. The van der Waals surface area contributed by atoms with Gasteiger partial charge in [-0.2, -0.15) is 0 Å². The minimum absolute atomic E-state index is 0.181. The lowest BCUT2D eigenvalue weighted by Crippen LogP contribution is -2.30. The summed E-state index contributed by atoms with van der Waals surface area (Å²) in [5, 5.41) is 3.52. The van der Waals surface area contributed by atoms with Crippen molar-refractivity contribution in [1.82, 2.24) is 4.90 Å². The average Bonchev–Trinajstić information content (AvgIpc) is 3.17. The molecule has 1 aliphatic heterocycles. The van der Waals surface area contributed by atoms with Crippen LogP contribution >= 0.6 is 47.2 Å². The summed E-state index contributed by atoms with van der Waals surface area (Å²) in [4.78, 5) is 27.8. The summed E-state index contributed by atoms with van der Waals surface area (Å²) in [6.07, 6.45) is 1.71. The lowest BCUT2D eigenvalue weighted by Gasteiger charge is -2.23. The van der Waals surface area contributed by atoms with Crippen LogP contribution < -0.4 is 14.8 Å². The molecule has 0 aromatic heterocycles. The zero-order chi connectivity index (χ0) is 27.4. The summed E-state index contributed by atoms with van der Waals surface area (Å²) < 4.78 is 11.6. The topological polar surface area (TPSA) is 67.9 Å². The smallest absolute Gasteiger partial charge is 0.266 e. The van der Waals surface area contributed by atoms with Crippen LogP contribution in [-0.2, 0) is 9.59 Å². The molecule has 1 heterocycles. The third-order valence-electron chi connectivity index (χ3n) is 5.86. The first-order valence-electron chi connectivity index (χ1n) is 11.6. The number of hydrogen-bond donors (Lipinski definition) is 1. The van der Waals surface area contributed by atoms with Crippen molar-refractivity contribution in [2.24, 2.45) is 0 Å². The van der Waals surface area contributed by atoms with Gasteiger partial charge in [0.15, 0.2) is 18.1 Å². The van der Waals surface area contributed by atoms with Crippen molar-refractivity contribution >= 4 is 75.1 Å². The van der Waals surface area contributed by atoms with Crippen LogP contribution in [0.1, 0.15) is 29.7 Å². The number of anilines is 1. The molecule has 4 rings (SSSR count). The fourth-order valence-corrected chi connectivity index (χ4v) is 5.73. The molecule has 3 aromatic carbocycles. The van der Waals surface area contributed by atoms with E-state index in [0.717, 1.165) is 11.1 Å². The standard InChI is InChI=1S/C28H24Cl2N2O4S2/c1-16-9-10-20(29)14-22(16)31-25(33)15-36-26-21(30)11-18(12-23(26)35-3)13-24-27(34)32(28(37)38-24)17(2)19-7-5-4-6-8-19/h4-14,17H,15H2,1-3H3,(H,31,33)/b24-13-/t17-/m1/s1. The molecule has 3 aromatic rings. The number of nitrogens with one attached hydrogen (secondary N) is 1. The Balaban J connectivity index is 1.49. The minimum atomic E-state index is -0.381. The fraction of sp³-hybridized carbons (Fsp3) is 0.179. The number of nitrogens with zero attached hydrogens (tertiary/aromatic N) is 1. The first-order valence-corrected chi connectivity index (χ1v) is 13.5. The van der Waals surface area contributed by atoms with E-state index >= 15 is 0 Å². The third-order valence-corrected chi connectivity index (χ3v) is 7.71. The average molecular weight is 588 g/mol. The number of carbonyl (C=O) groups is 2. The van der Waals surface area contributed by atoms with E-state index in [4.69, 9.17) is 44.9 Å². The number of benzene rings is 3. The Bertz CT molecular complexity index is 1430. The molecule has 10 heteroatoms. The Labute approximate surface area is 240 Å². The lowest BCUT2D eigenvalue weighted by molar-refractivity contribution is -0.123. The molecule has 0 bridgehead atoms. The first-order chi connectivity index (χ1) is 18.2. The Morgan fingerprint density at radius 3 is 2.61 bits per heavy atom. The molecule has 1 atom stereocenters. The largest absolute Gasteiger partial charge is 0.493 e. The van der Waals surface area contributed by atoms with Crippen LogP contribution in [0, 0.1) is 6.92 Å². The number of carbonyl (C=O) groups excluding carboxylic acids is 2. The second kappa shape index (κ2) is 12.2. The van der Waals surface area contributed by atoms with E-state index in [2.05, 4.69) is 5.32 Å². The van der Waals surface area contributed by atoms with Crippen LogP contribution in [0.4, 0.5) is 5.69 Å². The number of ether oxygens (including phenoxy) is 2.